The van der Waals surface area contributed by atoms with Crippen molar-refractivity contribution in [3.8, 4) is 0 Å². The molecule has 1 N–H and O–H groups in total. The van der Waals surface area contributed by atoms with Crippen LogP contribution in [-0.4, -0.2) is 69.6 Å². The van der Waals surface area contributed by atoms with Crippen molar-refractivity contribution in [2.45, 2.75) is 17.7 Å². The van der Waals surface area contributed by atoms with Gasteiger partial charge in [0.15, 0.2) is 0 Å². The smallest absolute Gasteiger partial charge is 0.317 e. The molecule has 3 rings (SSSR count). The van der Waals surface area contributed by atoms with Gasteiger partial charge in [-0.25, -0.2) is 13.2 Å². The highest BCUT2D eigenvalue weighted by Gasteiger charge is 2.30. The van der Waals surface area contributed by atoms with Crippen molar-refractivity contribution in [1.29, 1.82) is 0 Å². The summed E-state index contributed by atoms with van der Waals surface area (Å²) in [4.78, 5) is 14.1. The van der Waals surface area contributed by atoms with Crippen molar-refractivity contribution in [2.75, 3.05) is 45.9 Å². The van der Waals surface area contributed by atoms with E-state index < -0.39 is 10.0 Å². The Kier molecular flexibility index (Phi) is 8.71. The molecule has 0 radical (unpaired) electrons. The van der Waals surface area contributed by atoms with Gasteiger partial charge in [0.25, 0.3) is 0 Å². The van der Waals surface area contributed by atoms with E-state index in [2.05, 4.69) is 17.4 Å². The average Bonchev–Trinajstić information content (AvgIpc) is 2.79. The Morgan fingerprint density at radius 2 is 1.74 bits per heavy atom. The molecule has 2 aromatic rings. The van der Waals surface area contributed by atoms with Gasteiger partial charge in [-0.3, -0.25) is 0 Å². The summed E-state index contributed by atoms with van der Waals surface area (Å²) in [7, 11) is -3.61. The molecule has 168 valence electrons. The maximum atomic E-state index is 12.7. The van der Waals surface area contributed by atoms with Crippen LogP contribution in [0.5, 0.6) is 0 Å². The number of ether oxygens (including phenoxy) is 1. The molecule has 1 aliphatic rings. The Morgan fingerprint density at radius 3 is 2.45 bits per heavy atom. The number of nitrogens with zero attached hydrogens (tertiary/aromatic N) is 2. The predicted octanol–water partition coefficient (Wildman–Crippen LogP) is 3.01. The van der Waals surface area contributed by atoms with Gasteiger partial charge in [0.1, 0.15) is 0 Å². The molecule has 0 aliphatic carbocycles. The molecule has 0 atom stereocenters. The van der Waals surface area contributed by atoms with Crippen molar-refractivity contribution < 1.29 is 17.9 Å². The second-order valence-electron chi connectivity index (χ2n) is 7.28. The van der Waals surface area contributed by atoms with Crippen molar-refractivity contribution in [3.63, 3.8) is 0 Å². The molecule has 1 heterocycles. The van der Waals surface area contributed by atoms with E-state index in [1.54, 1.807) is 17.0 Å². The van der Waals surface area contributed by atoms with Crippen LogP contribution < -0.4 is 5.32 Å². The summed E-state index contributed by atoms with van der Waals surface area (Å²) in [6, 6.07) is 16.2. The van der Waals surface area contributed by atoms with Gasteiger partial charge in [0.2, 0.25) is 10.0 Å². The maximum absolute atomic E-state index is 12.7. The summed E-state index contributed by atoms with van der Waals surface area (Å²) < 4.78 is 32.5. The summed E-state index contributed by atoms with van der Waals surface area (Å²) in [5.74, 6) is 0. The van der Waals surface area contributed by atoms with E-state index in [9.17, 15) is 13.2 Å². The van der Waals surface area contributed by atoms with Crippen molar-refractivity contribution >= 4 is 27.7 Å². The average molecular weight is 466 g/mol. The Bertz CT molecular complexity index is 948. The summed E-state index contributed by atoms with van der Waals surface area (Å²) >= 11 is 5.92. The molecule has 0 aromatic heterocycles. The predicted molar refractivity (Wildman–Crippen MR) is 121 cm³/mol. The van der Waals surface area contributed by atoms with Crippen LogP contribution in [0.15, 0.2) is 59.5 Å². The van der Waals surface area contributed by atoms with Gasteiger partial charge < -0.3 is 15.0 Å². The lowest BCUT2D eigenvalue weighted by Gasteiger charge is -2.34. The number of carbonyl (C=O) groups is 1. The van der Waals surface area contributed by atoms with Crippen LogP contribution in [0, 0.1) is 0 Å². The van der Waals surface area contributed by atoms with Crippen LogP contribution >= 0.6 is 11.6 Å². The Labute approximate surface area is 189 Å². The molecule has 2 aromatic carbocycles. The van der Waals surface area contributed by atoms with Gasteiger partial charge >= 0.3 is 6.03 Å². The van der Waals surface area contributed by atoms with E-state index in [-0.39, 0.29) is 24.0 Å². The highest BCUT2D eigenvalue weighted by molar-refractivity contribution is 7.89. The van der Waals surface area contributed by atoms with E-state index >= 15 is 0 Å². The lowest BCUT2D eigenvalue weighted by atomic mass is 10.2. The molecule has 7 nitrogen and oxygen atoms in total. The topological polar surface area (TPSA) is 79.0 Å². The number of hydrogen-bond acceptors (Lipinski definition) is 4. The Hall–Kier alpha value is -2.13. The summed E-state index contributed by atoms with van der Waals surface area (Å²) in [6.07, 6.45) is 1.60. The summed E-state index contributed by atoms with van der Waals surface area (Å²) in [6.45, 7) is 2.96. The van der Waals surface area contributed by atoms with E-state index in [1.165, 1.54) is 22.0 Å². The molecule has 1 aliphatic heterocycles. The van der Waals surface area contributed by atoms with Crippen molar-refractivity contribution in [1.82, 2.24) is 14.5 Å². The number of carbonyl (C=O) groups excluding carboxylic acids is 1. The lowest BCUT2D eigenvalue weighted by Crippen LogP contribution is -2.53. The van der Waals surface area contributed by atoms with Crippen LogP contribution in [0.3, 0.4) is 0 Å². The van der Waals surface area contributed by atoms with E-state index in [0.29, 0.717) is 37.9 Å². The zero-order valence-electron chi connectivity index (χ0n) is 17.4. The highest BCUT2D eigenvalue weighted by Crippen LogP contribution is 2.20. The van der Waals surface area contributed by atoms with Crippen LogP contribution in [0.25, 0.3) is 0 Å². The third-order valence-electron chi connectivity index (χ3n) is 5.08. The molecule has 9 heteroatoms. The Morgan fingerprint density at radius 1 is 1.00 bits per heavy atom. The van der Waals surface area contributed by atoms with E-state index in [1.807, 2.05) is 18.2 Å². The number of amides is 2. The number of rotatable bonds is 9. The van der Waals surface area contributed by atoms with Gasteiger partial charge in [0, 0.05) is 44.4 Å². The second-order valence-corrected chi connectivity index (χ2v) is 9.66. The number of hydrogen-bond donors (Lipinski definition) is 1. The number of urea groups is 1. The van der Waals surface area contributed by atoms with Gasteiger partial charge in [0.05, 0.1) is 11.5 Å². The normalized spacial score (nSPS) is 15.1. The first-order valence-electron chi connectivity index (χ1n) is 10.4. The van der Waals surface area contributed by atoms with Crippen LogP contribution in [0.2, 0.25) is 5.02 Å². The minimum Gasteiger partial charge on any atom is -0.381 e. The fraction of sp³-hybridized carbons (Fsp3) is 0.409. The summed E-state index contributed by atoms with van der Waals surface area (Å²) in [5.41, 5.74) is 1.24. The third kappa shape index (κ3) is 6.93. The SMILES string of the molecule is O=C(NCCCOCCc1ccccc1)N1CCN(S(=O)(=O)c2cccc(Cl)c2)CC1. The van der Waals surface area contributed by atoms with Gasteiger partial charge in [-0.2, -0.15) is 4.31 Å². The quantitative estimate of drug-likeness (QED) is 0.577. The van der Waals surface area contributed by atoms with Crippen molar-refractivity contribution in [2.24, 2.45) is 0 Å². The third-order valence-corrected chi connectivity index (χ3v) is 7.21. The first kappa shape index (κ1) is 23.5. The molecule has 1 saturated heterocycles. The van der Waals surface area contributed by atoms with Gasteiger partial charge in [-0.05, 0) is 36.6 Å². The standard InChI is InChI=1S/C22H28ClN3O4S/c23-20-8-4-9-21(18-20)31(28,29)26-14-12-25(13-15-26)22(27)24-11-5-16-30-17-10-19-6-2-1-3-7-19/h1-4,6-9,18H,5,10-17H2,(H,24,27). The highest BCUT2D eigenvalue weighted by atomic mass is 35.5. The fourth-order valence-electron chi connectivity index (χ4n) is 3.33. The maximum Gasteiger partial charge on any atom is 0.317 e. The van der Waals surface area contributed by atoms with Crippen LogP contribution in [0.1, 0.15) is 12.0 Å². The fourth-order valence-corrected chi connectivity index (χ4v) is 5.05. The first-order valence-corrected chi connectivity index (χ1v) is 12.2. The lowest BCUT2D eigenvalue weighted by molar-refractivity contribution is 0.133. The second kappa shape index (κ2) is 11.5. The molecule has 0 unspecified atom stereocenters. The van der Waals surface area contributed by atoms with E-state index in [0.717, 1.165) is 12.8 Å². The number of sulfonamides is 1. The summed E-state index contributed by atoms with van der Waals surface area (Å²) in [5, 5.41) is 3.25. The number of benzene rings is 2. The number of nitrogens with one attached hydrogen (secondary N) is 1. The van der Waals surface area contributed by atoms with E-state index in [4.69, 9.17) is 16.3 Å². The minimum atomic E-state index is -3.61. The van der Waals surface area contributed by atoms with Gasteiger partial charge in [-0.1, -0.05) is 48.0 Å². The molecule has 0 spiro atoms. The minimum absolute atomic E-state index is 0.171. The zero-order valence-corrected chi connectivity index (χ0v) is 18.9. The molecule has 0 bridgehead atoms. The number of piperazine rings is 1. The molecule has 1 fully saturated rings. The van der Waals surface area contributed by atoms with Crippen LogP contribution in [-0.2, 0) is 21.2 Å². The molecular formula is C22H28ClN3O4S. The molecule has 0 saturated carbocycles. The molecular weight excluding hydrogens is 438 g/mol. The Balaban J connectivity index is 1.32. The molecule has 31 heavy (non-hydrogen) atoms. The first-order chi connectivity index (χ1) is 15.0. The largest absolute Gasteiger partial charge is 0.381 e. The number of halogens is 1. The monoisotopic (exact) mass is 465 g/mol. The zero-order chi connectivity index (χ0) is 22.1. The van der Waals surface area contributed by atoms with Crippen molar-refractivity contribution in [3.05, 3.63) is 65.2 Å². The van der Waals surface area contributed by atoms with Gasteiger partial charge in [-0.15, -0.1) is 0 Å². The van der Waals surface area contributed by atoms with Crippen LogP contribution in [0.4, 0.5) is 4.79 Å². The molecule has 2 amide bonds.